The van der Waals surface area contributed by atoms with Crippen molar-refractivity contribution in [3.63, 3.8) is 0 Å². The minimum Gasteiger partial charge on any atom is -0.345 e. The van der Waals surface area contributed by atoms with E-state index < -0.39 is 15.7 Å². The highest BCUT2D eigenvalue weighted by Gasteiger charge is 2.16. The van der Waals surface area contributed by atoms with E-state index in [0.29, 0.717) is 11.2 Å². The number of aromatic amines is 1. The summed E-state index contributed by atoms with van der Waals surface area (Å²) in [6, 6.07) is 9.32. The number of H-pyrrole nitrogens is 1. The van der Waals surface area contributed by atoms with Gasteiger partial charge in [0.05, 0.1) is 33.0 Å². The van der Waals surface area contributed by atoms with Gasteiger partial charge in [0.15, 0.2) is 9.84 Å². The SMILES string of the molecule is CS(=O)(=O)c1ccc(Cl)c(C(=O)Nc2cccc3[nH]cnc23)c1. The Balaban J connectivity index is 1.99. The Morgan fingerprint density at radius 1 is 1.26 bits per heavy atom. The lowest BCUT2D eigenvalue weighted by atomic mass is 10.2. The van der Waals surface area contributed by atoms with Crippen molar-refractivity contribution in [2.75, 3.05) is 11.6 Å². The smallest absolute Gasteiger partial charge is 0.257 e. The lowest BCUT2D eigenvalue weighted by molar-refractivity contribution is 0.102. The minimum atomic E-state index is -3.43. The first-order valence-electron chi connectivity index (χ1n) is 6.59. The van der Waals surface area contributed by atoms with E-state index in [1.54, 1.807) is 12.1 Å². The molecule has 0 unspecified atom stereocenters. The van der Waals surface area contributed by atoms with Crippen molar-refractivity contribution < 1.29 is 13.2 Å². The minimum absolute atomic E-state index is 0.0324. The van der Waals surface area contributed by atoms with Crippen LogP contribution in [0.4, 0.5) is 5.69 Å². The molecule has 0 aliphatic carbocycles. The predicted octanol–water partition coefficient (Wildman–Crippen LogP) is 2.87. The Bertz CT molecular complexity index is 1010. The third kappa shape index (κ3) is 3.06. The quantitative estimate of drug-likeness (QED) is 0.760. The molecule has 3 rings (SSSR count). The number of carbonyl (C=O) groups excluding carboxylic acids is 1. The molecule has 1 aromatic heterocycles. The van der Waals surface area contributed by atoms with Crippen LogP contribution < -0.4 is 5.32 Å². The number of hydrogen-bond acceptors (Lipinski definition) is 4. The molecule has 0 bridgehead atoms. The zero-order chi connectivity index (χ0) is 16.6. The fourth-order valence-electron chi connectivity index (χ4n) is 2.16. The fraction of sp³-hybridized carbons (Fsp3) is 0.0667. The summed E-state index contributed by atoms with van der Waals surface area (Å²) in [5.41, 5.74) is 1.98. The third-order valence-electron chi connectivity index (χ3n) is 3.31. The highest BCUT2D eigenvalue weighted by molar-refractivity contribution is 7.90. The first kappa shape index (κ1) is 15.5. The maximum Gasteiger partial charge on any atom is 0.257 e. The first-order chi connectivity index (χ1) is 10.9. The Morgan fingerprint density at radius 3 is 2.78 bits per heavy atom. The largest absolute Gasteiger partial charge is 0.345 e. The van der Waals surface area contributed by atoms with E-state index in [0.717, 1.165) is 11.8 Å². The van der Waals surface area contributed by atoms with E-state index in [1.165, 1.54) is 24.5 Å². The molecule has 2 aromatic carbocycles. The Kier molecular flexibility index (Phi) is 3.83. The van der Waals surface area contributed by atoms with Crippen molar-refractivity contribution in [3.8, 4) is 0 Å². The van der Waals surface area contributed by atoms with E-state index in [9.17, 15) is 13.2 Å². The van der Waals surface area contributed by atoms with Crippen molar-refractivity contribution >= 4 is 44.1 Å². The van der Waals surface area contributed by atoms with Crippen LogP contribution in [0.1, 0.15) is 10.4 Å². The Hall–Kier alpha value is -2.38. The molecule has 0 spiro atoms. The molecule has 0 saturated heterocycles. The van der Waals surface area contributed by atoms with Gasteiger partial charge in [0, 0.05) is 6.26 Å². The van der Waals surface area contributed by atoms with Crippen LogP contribution >= 0.6 is 11.6 Å². The number of benzene rings is 2. The lowest BCUT2D eigenvalue weighted by Gasteiger charge is -2.09. The predicted molar refractivity (Wildman–Crippen MR) is 88.6 cm³/mol. The molecule has 3 aromatic rings. The summed E-state index contributed by atoms with van der Waals surface area (Å²) in [5, 5.41) is 2.88. The van der Waals surface area contributed by atoms with Gasteiger partial charge in [0.1, 0.15) is 5.52 Å². The standard InChI is InChI=1S/C15H12ClN3O3S/c1-23(21,22)9-5-6-11(16)10(7-9)15(20)19-13-4-2-3-12-14(13)18-8-17-12/h2-8H,1H3,(H,17,18)(H,19,20). The second-order valence-corrected chi connectivity index (χ2v) is 7.40. The third-order valence-corrected chi connectivity index (χ3v) is 4.75. The van der Waals surface area contributed by atoms with E-state index >= 15 is 0 Å². The topological polar surface area (TPSA) is 91.9 Å². The number of hydrogen-bond donors (Lipinski definition) is 2. The maximum absolute atomic E-state index is 12.5. The second-order valence-electron chi connectivity index (χ2n) is 4.97. The number of aromatic nitrogens is 2. The molecule has 0 atom stereocenters. The van der Waals surface area contributed by atoms with Crippen LogP contribution in [0.2, 0.25) is 5.02 Å². The summed E-state index contributed by atoms with van der Waals surface area (Å²) in [7, 11) is -3.43. The number of para-hydroxylation sites is 1. The van der Waals surface area contributed by atoms with Gasteiger partial charge in [0.25, 0.3) is 5.91 Å². The average Bonchev–Trinajstić information content (AvgIpc) is 2.96. The number of imidazole rings is 1. The van der Waals surface area contributed by atoms with Gasteiger partial charge >= 0.3 is 0 Å². The van der Waals surface area contributed by atoms with Crippen molar-refractivity contribution in [3.05, 3.63) is 53.3 Å². The number of halogens is 1. The number of sulfone groups is 1. The molecule has 8 heteroatoms. The van der Waals surface area contributed by atoms with Crippen LogP contribution in [0.3, 0.4) is 0 Å². The fourth-order valence-corrected chi connectivity index (χ4v) is 3.02. The van der Waals surface area contributed by atoms with Gasteiger partial charge in [-0.1, -0.05) is 17.7 Å². The van der Waals surface area contributed by atoms with Gasteiger partial charge in [-0.05, 0) is 30.3 Å². The molecular formula is C15H12ClN3O3S. The van der Waals surface area contributed by atoms with Crippen LogP contribution in [0, 0.1) is 0 Å². The summed E-state index contributed by atoms with van der Waals surface area (Å²) >= 11 is 6.03. The maximum atomic E-state index is 12.5. The summed E-state index contributed by atoms with van der Waals surface area (Å²) in [6.07, 6.45) is 2.60. The summed E-state index contributed by atoms with van der Waals surface area (Å²) in [4.78, 5) is 19.6. The summed E-state index contributed by atoms with van der Waals surface area (Å²) in [5.74, 6) is -0.504. The zero-order valence-corrected chi connectivity index (χ0v) is 13.6. The van der Waals surface area contributed by atoms with Gasteiger partial charge in [-0.25, -0.2) is 13.4 Å². The average molecular weight is 350 g/mol. The van der Waals surface area contributed by atoms with Crippen LogP contribution in [-0.4, -0.2) is 30.5 Å². The van der Waals surface area contributed by atoms with Gasteiger partial charge < -0.3 is 10.3 Å². The normalized spacial score (nSPS) is 11.6. The second kappa shape index (κ2) is 5.68. The van der Waals surface area contributed by atoms with E-state index in [4.69, 9.17) is 11.6 Å². The van der Waals surface area contributed by atoms with Crippen molar-refractivity contribution in [2.45, 2.75) is 4.90 Å². The molecule has 1 heterocycles. The number of carbonyl (C=O) groups is 1. The molecule has 0 aliphatic rings. The summed E-state index contributed by atoms with van der Waals surface area (Å²) < 4.78 is 23.3. The molecule has 0 radical (unpaired) electrons. The van der Waals surface area contributed by atoms with Gasteiger partial charge in [-0.2, -0.15) is 0 Å². The number of amides is 1. The first-order valence-corrected chi connectivity index (χ1v) is 8.86. The van der Waals surface area contributed by atoms with Crippen molar-refractivity contribution in [1.82, 2.24) is 9.97 Å². The number of nitrogens with zero attached hydrogens (tertiary/aromatic N) is 1. The van der Waals surface area contributed by atoms with Gasteiger partial charge in [0.2, 0.25) is 0 Å². The van der Waals surface area contributed by atoms with Crippen LogP contribution in [0.5, 0.6) is 0 Å². The Morgan fingerprint density at radius 2 is 2.04 bits per heavy atom. The van der Waals surface area contributed by atoms with Crippen LogP contribution in [0.15, 0.2) is 47.6 Å². The number of rotatable bonds is 3. The molecule has 0 fully saturated rings. The van der Waals surface area contributed by atoms with Crippen molar-refractivity contribution in [1.29, 1.82) is 0 Å². The molecule has 23 heavy (non-hydrogen) atoms. The molecule has 6 nitrogen and oxygen atoms in total. The number of fused-ring (bicyclic) bond motifs is 1. The van der Waals surface area contributed by atoms with E-state index in [1.807, 2.05) is 6.07 Å². The van der Waals surface area contributed by atoms with E-state index in [-0.39, 0.29) is 15.5 Å². The highest BCUT2D eigenvalue weighted by atomic mass is 35.5. The summed E-state index contributed by atoms with van der Waals surface area (Å²) in [6.45, 7) is 0. The van der Waals surface area contributed by atoms with E-state index in [2.05, 4.69) is 15.3 Å². The molecule has 118 valence electrons. The van der Waals surface area contributed by atoms with Gasteiger partial charge in [-0.3, -0.25) is 4.79 Å². The van der Waals surface area contributed by atoms with Crippen molar-refractivity contribution in [2.24, 2.45) is 0 Å². The molecule has 1 amide bonds. The van der Waals surface area contributed by atoms with Crippen LogP contribution in [0.25, 0.3) is 11.0 Å². The monoisotopic (exact) mass is 349 g/mol. The molecule has 0 aliphatic heterocycles. The lowest BCUT2D eigenvalue weighted by Crippen LogP contribution is -2.13. The zero-order valence-electron chi connectivity index (χ0n) is 12.0. The molecule has 0 saturated carbocycles. The highest BCUT2D eigenvalue weighted by Crippen LogP contribution is 2.24. The molecular weight excluding hydrogens is 338 g/mol. The van der Waals surface area contributed by atoms with Gasteiger partial charge in [-0.15, -0.1) is 0 Å². The number of nitrogens with one attached hydrogen (secondary N) is 2. The number of anilines is 1. The molecule has 2 N–H and O–H groups in total. The van der Waals surface area contributed by atoms with Crippen LogP contribution in [-0.2, 0) is 9.84 Å². The Labute approximate surface area is 137 Å².